The summed E-state index contributed by atoms with van der Waals surface area (Å²) in [5, 5.41) is -0.660. The van der Waals surface area contributed by atoms with Crippen molar-refractivity contribution in [2.45, 2.75) is 23.5 Å². The molecule has 1 fully saturated rings. The van der Waals surface area contributed by atoms with Crippen LogP contribution in [0.5, 0.6) is 0 Å². The van der Waals surface area contributed by atoms with Gasteiger partial charge in [-0.05, 0) is 12.8 Å². The second-order valence-corrected chi connectivity index (χ2v) is 7.13. The highest BCUT2D eigenvalue weighted by Crippen LogP contribution is 2.19. The molecule has 1 heterocycles. The van der Waals surface area contributed by atoms with Crippen LogP contribution in [0.3, 0.4) is 0 Å². The summed E-state index contributed by atoms with van der Waals surface area (Å²) in [5.74, 6) is 0. The number of methoxy groups -OCH3 is 1. The molecule has 1 aliphatic rings. The smallest absolute Gasteiger partial charge is 0.216 e. The molecule has 0 saturated carbocycles. The fourth-order valence-corrected chi connectivity index (χ4v) is 3.94. The summed E-state index contributed by atoms with van der Waals surface area (Å²) in [4.78, 5) is 0. The molecule has 0 spiro atoms. The second kappa shape index (κ2) is 6.89. The molecular weight excluding hydrogens is 266 g/mol. The Hall–Kier alpha value is 0.120. The van der Waals surface area contributed by atoms with E-state index in [1.807, 2.05) is 0 Å². The topological polar surface area (TPSA) is 55.8 Å². The quantitative estimate of drug-likeness (QED) is 0.674. The van der Waals surface area contributed by atoms with Gasteiger partial charge < -0.3 is 9.47 Å². The Bertz CT molecular complexity index is 316. The van der Waals surface area contributed by atoms with Crippen molar-refractivity contribution in [2.75, 3.05) is 40.5 Å². The fraction of sp³-hybridized carbons (Fsp3) is 1.00. The van der Waals surface area contributed by atoms with Crippen LogP contribution in [0.4, 0.5) is 0 Å². The Balaban J connectivity index is 2.56. The first kappa shape index (κ1) is 15.2. The Morgan fingerprint density at radius 3 is 2.59 bits per heavy atom. The molecule has 0 N–H and O–H groups in total. The van der Waals surface area contributed by atoms with Crippen LogP contribution in [-0.2, 0) is 19.5 Å². The van der Waals surface area contributed by atoms with E-state index in [4.69, 9.17) is 21.1 Å². The molecule has 5 nitrogen and oxygen atoms in total. The lowest BCUT2D eigenvalue weighted by molar-refractivity contribution is 0.0973. The zero-order valence-corrected chi connectivity index (χ0v) is 11.8. The minimum absolute atomic E-state index is 0.273. The summed E-state index contributed by atoms with van der Waals surface area (Å²) >= 11 is 5.96. The largest absolute Gasteiger partial charge is 0.383 e. The number of ether oxygens (including phenoxy) is 2. The first-order valence-electron chi connectivity index (χ1n) is 5.64. The summed E-state index contributed by atoms with van der Waals surface area (Å²) in [6.07, 6.45) is 1.12. The van der Waals surface area contributed by atoms with E-state index in [9.17, 15) is 8.42 Å². The fourth-order valence-electron chi connectivity index (χ4n) is 1.84. The zero-order chi connectivity index (χ0) is 12.9. The number of halogens is 1. The molecule has 0 aliphatic carbocycles. The van der Waals surface area contributed by atoms with Crippen LogP contribution in [0.2, 0.25) is 0 Å². The van der Waals surface area contributed by atoms with Gasteiger partial charge in [-0.3, -0.25) is 0 Å². The lowest BCUT2D eigenvalue weighted by atomic mass is 10.2. The lowest BCUT2D eigenvalue weighted by Gasteiger charge is -2.28. The summed E-state index contributed by atoms with van der Waals surface area (Å²) < 4.78 is 35.8. The maximum Gasteiger partial charge on any atom is 0.216 e. The number of hydrogen-bond acceptors (Lipinski definition) is 4. The van der Waals surface area contributed by atoms with Crippen molar-refractivity contribution in [3.8, 4) is 0 Å². The third kappa shape index (κ3) is 4.37. The van der Waals surface area contributed by atoms with Gasteiger partial charge in [-0.2, -0.15) is 0 Å². The summed E-state index contributed by atoms with van der Waals surface area (Å²) in [6.45, 7) is 1.64. The van der Waals surface area contributed by atoms with Crippen LogP contribution in [0, 0.1) is 0 Å². The van der Waals surface area contributed by atoms with Crippen molar-refractivity contribution in [1.82, 2.24) is 4.31 Å². The monoisotopic (exact) mass is 285 g/mol. The molecule has 17 heavy (non-hydrogen) atoms. The van der Waals surface area contributed by atoms with Gasteiger partial charge in [0.1, 0.15) is 0 Å². The number of sulfonamides is 1. The second-order valence-electron chi connectivity index (χ2n) is 4.19. The Morgan fingerprint density at radius 1 is 1.47 bits per heavy atom. The van der Waals surface area contributed by atoms with E-state index >= 15 is 0 Å². The van der Waals surface area contributed by atoms with E-state index in [1.54, 1.807) is 14.2 Å². The zero-order valence-electron chi connectivity index (χ0n) is 10.3. The van der Waals surface area contributed by atoms with Gasteiger partial charge >= 0.3 is 0 Å². The van der Waals surface area contributed by atoms with Crippen molar-refractivity contribution in [1.29, 1.82) is 0 Å². The molecule has 0 bridgehead atoms. The normalized spacial score (nSPS) is 20.7. The minimum atomic E-state index is -3.26. The molecule has 1 saturated heterocycles. The first-order chi connectivity index (χ1) is 7.98. The molecule has 0 radical (unpaired) electrons. The van der Waals surface area contributed by atoms with Gasteiger partial charge in [0.2, 0.25) is 10.0 Å². The van der Waals surface area contributed by atoms with Crippen LogP contribution in [0.25, 0.3) is 0 Å². The van der Waals surface area contributed by atoms with Crippen LogP contribution in [-0.4, -0.2) is 63.9 Å². The van der Waals surface area contributed by atoms with Crippen molar-refractivity contribution in [2.24, 2.45) is 0 Å². The highest BCUT2D eigenvalue weighted by atomic mass is 35.5. The molecule has 0 amide bonds. The minimum Gasteiger partial charge on any atom is -0.383 e. The van der Waals surface area contributed by atoms with E-state index in [0.717, 1.165) is 0 Å². The van der Waals surface area contributed by atoms with Gasteiger partial charge in [-0.1, -0.05) is 0 Å². The van der Waals surface area contributed by atoms with Gasteiger partial charge in [-0.25, -0.2) is 12.7 Å². The predicted molar refractivity (Wildman–Crippen MR) is 66.9 cm³/mol. The summed E-state index contributed by atoms with van der Waals surface area (Å²) in [6, 6.07) is 0. The predicted octanol–water partition coefficient (Wildman–Crippen LogP) is 0.681. The first-order valence-corrected chi connectivity index (χ1v) is 7.58. The highest BCUT2D eigenvalue weighted by Gasteiger charge is 2.32. The molecule has 0 aromatic carbocycles. The van der Waals surface area contributed by atoms with Crippen molar-refractivity contribution >= 4 is 21.6 Å². The van der Waals surface area contributed by atoms with E-state index in [0.29, 0.717) is 32.7 Å². The number of nitrogens with zero attached hydrogens (tertiary/aromatic N) is 1. The van der Waals surface area contributed by atoms with Gasteiger partial charge in [0.15, 0.2) is 0 Å². The van der Waals surface area contributed by atoms with Gasteiger partial charge in [0, 0.05) is 33.9 Å². The molecule has 1 rings (SSSR count). The SMILES string of the molecule is COCC(Cl)CN(C)S(=O)(=O)C1CCOCC1. The van der Waals surface area contributed by atoms with Crippen LogP contribution in [0.15, 0.2) is 0 Å². The standard InChI is InChI=1S/C10H20ClNO4S/c1-12(7-9(11)8-15-2)17(13,14)10-3-5-16-6-4-10/h9-10H,3-8H2,1-2H3. The molecule has 1 atom stereocenters. The van der Waals surface area contributed by atoms with E-state index in [-0.39, 0.29) is 17.2 Å². The van der Waals surface area contributed by atoms with Crippen LogP contribution < -0.4 is 0 Å². The molecule has 7 heteroatoms. The number of hydrogen-bond donors (Lipinski definition) is 0. The van der Waals surface area contributed by atoms with Gasteiger partial charge in [-0.15, -0.1) is 11.6 Å². The third-order valence-electron chi connectivity index (χ3n) is 2.83. The summed E-state index contributed by atoms with van der Waals surface area (Å²) in [5.41, 5.74) is 0. The molecule has 102 valence electrons. The maximum absolute atomic E-state index is 12.2. The average molecular weight is 286 g/mol. The number of rotatable bonds is 6. The van der Waals surface area contributed by atoms with E-state index in [2.05, 4.69) is 0 Å². The van der Waals surface area contributed by atoms with Crippen molar-refractivity contribution in [3.05, 3.63) is 0 Å². The Morgan fingerprint density at radius 2 is 2.06 bits per heavy atom. The maximum atomic E-state index is 12.2. The van der Waals surface area contributed by atoms with Crippen molar-refractivity contribution in [3.63, 3.8) is 0 Å². The number of alkyl halides is 1. The third-order valence-corrected chi connectivity index (χ3v) is 5.42. The van der Waals surface area contributed by atoms with Gasteiger partial charge in [0.05, 0.1) is 17.2 Å². The van der Waals surface area contributed by atoms with Crippen LogP contribution >= 0.6 is 11.6 Å². The lowest BCUT2D eigenvalue weighted by Crippen LogP contribution is -2.42. The highest BCUT2D eigenvalue weighted by molar-refractivity contribution is 7.89. The summed E-state index contributed by atoms with van der Waals surface area (Å²) in [7, 11) is -0.153. The Labute approximate surface area is 108 Å². The van der Waals surface area contributed by atoms with Gasteiger partial charge in [0.25, 0.3) is 0 Å². The van der Waals surface area contributed by atoms with E-state index < -0.39 is 10.0 Å². The Kier molecular flexibility index (Phi) is 6.16. The molecule has 0 aromatic rings. The van der Waals surface area contributed by atoms with E-state index in [1.165, 1.54) is 4.31 Å². The molecule has 0 aromatic heterocycles. The van der Waals surface area contributed by atoms with Crippen LogP contribution in [0.1, 0.15) is 12.8 Å². The average Bonchev–Trinajstić information content (AvgIpc) is 2.30. The molecular formula is C10H20ClNO4S. The molecule has 1 aliphatic heterocycles. The van der Waals surface area contributed by atoms with Crippen molar-refractivity contribution < 1.29 is 17.9 Å². The molecule has 1 unspecified atom stereocenters.